The maximum atomic E-state index is 2.50. The highest BCUT2D eigenvalue weighted by atomic mass is 14.9. The molecule has 29 heavy (non-hydrogen) atoms. The van der Waals surface area contributed by atoms with Crippen LogP contribution in [-0.4, -0.2) is 0 Å². The number of rotatable bonds is 2. The van der Waals surface area contributed by atoms with E-state index in [1.165, 1.54) is 79.3 Å². The highest BCUT2D eigenvalue weighted by Crippen LogP contribution is 2.46. The number of hydrogen-bond acceptors (Lipinski definition) is 0. The monoisotopic (exact) mass is 382 g/mol. The topological polar surface area (TPSA) is 3.88 Å². The largest absolute Gasteiger partial charge is 0.213 e. The first-order valence-electron chi connectivity index (χ1n) is 11.3. The van der Waals surface area contributed by atoms with E-state index in [0.717, 1.165) is 0 Å². The molecule has 2 aliphatic carbocycles. The van der Waals surface area contributed by atoms with E-state index in [1.54, 1.807) is 11.1 Å². The van der Waals surface area contributed by atoms with Gasteiger partial charge in [0.2, 0.25) is 5.69 Å². The predicted molar refractivity (Wildman–Crippen MR) is 121 cm³/mol. The average Bonchev–Trinajstić information content (AvgIpc) is 2.75. The molecule has 1 aromatic heterocycles. The number of pyridine rings is 1. The fourth-order valence-corrected chi connectivity index (χ4v) is 5.71. The van der Waals surface area contributed by atoms with Gasteiger partial charge in [-0.3, -0.25) is 0 Å². The van der Waals surface area contributed by atoms with Crippen molar-refractivity contribution < 1.29 is 4.57 Å². The average molecular weight is 383 g/mol. The Hall–Kier alpha value is -2.41. The lowest BCUT2D eigenvalue weighted by atomic mass is 9.64. The summed E-state index contributed by atoms with van der Waals surface area (Å²) >= 11 is 0. The summed E-state index contributed by atoms with van der Waals surface area (Å²) in [5.74, 6) is 0. The molecule has 0 radical (unpaired) electrons. The van der Waals surface area contributed by atoms with Crippen molar-refractivity contribution in [1.29, 1.82) is 0 Å². The van der Waals surface area contributed by atoms with E-state index in [4.69, 9.17) is 0 Å². The first-order chi connectivity index (χ1) is 14.1. The van der Waals surface area contributed by atoms with Crippen LogP contribution in [0.2, 0.25) is 0 Å². The van der Waals surface area contributed by atoms with Crippen LogP contribution >= 0.6 is 0 Å². The number of aromatic nitrogens is 1. The van der Waals surface area contributed by atoms with Crippen molar-refractivity contribution in [2.24, 2.45) is 12.5 Å². The molecule has 3 aromatic rings. The van der Waals surface area contributed by atoms with Crippen LogP contribution in [0.15, 0.2) is 60.8 Å². The molecule has 148 valence electrons. The Kier molecular flexibility index (Phi) is 4.78. The zero-order valence-electron chi connectivity index (χ0n) is 17.9. The van der Waals surface area contributed by atoms with E-state index in [9.17, 15) is 0 Å². The molecule has 2 aliphatic rings. The summed E-state index contributed by atoms with van der Waals surface area (Å²) in [6.07, 6.45) is 13.4. The van der Waals surface area contributed by atoms with Gasteiger partial charge in [-0.1, -0.05) is 55.7 Å². The number of nitrogens with zero attached hydrogens (tertiary/aromatic N) is 1. The fourth-order valence-electron chi connectivity index (χ4n) is 5.71. The van der Waals surface area contributed by atoms with Gasteiger partial charge in [-0.15, -0.1) is 0 Å². The smallest absolute Gasteiger partial charge is 0.201 e. The Morgan fingerprint density at radius 1 is 0.793 bits per heavy atom. The predicted octanol–water partition coefficient (Wildman–Crippen LogP) is 6.59. The Morgan fingerprint density at radius 2 is 1.59 bits per heavy atom. The van der Waals surface area contributed by atoms with Gasteiger partial charge in [-0.25, -0.2) is 4.57 Å². The molecule has 1 spiro atoms. The Bertz CT molecular complexity index is 1040. The summed E-state index contributed by atoms with van der Waals surface area (Å²) in [6.45, 7) is 2.20. The molecule has 0 saturated heterocycles. The molecule has 0 aliphatic heterocycles. The lowest BCUT2D eigenvalue weighted by Gasteiger charge is -2.41. The summed E-state index contributed by atoms with van der Waals surface area (Å²) in [5.41, 5.74) is 10.4. The summed E-state index contributed by atoms with van der Waals surface area (Å²) in [7, 11) is 2.14. The maximum absolute atomic E-state index is 2.50. The van der Waals surface area contributed by atoms with Crippen molar-refractivity contribution in [1.82, 2.24) is 0 Å². The number of aryl methyl sites for hydroxylation is 3. The second-order valence-corrected chi connectivity index (χ2v) is 9.45. The van der Waals surface area contributed by atoms with Crippen LogP contribution < -0.4 is 4.57 Å². The van der Waals surface area contributed by atoms with Gasteiger partial charge in [0.25, 0.3) is 0 Å². The number of hydrogen-bond donors (Lipinski definition) is 0. The SMILES string of the molecule is Cc1ccccc1-c1cc(-c2ccc3c(c2)CC2(CCCCC2)CC3)cc[n+]1C. The van der Waals surface area contributed by atoms with Crippen LogP contribution in [0.4, 0.5) is 0 Å². The Morgan fingerprint density at radius 3 is 2.41 bits per heavy atom. The minimum Gasteiger partial charge on any atom is -0.201 e. The first kappa shape index (κ1) is 18.6. The Labute approximate surface area is 175 Å². The molecule has 1 saturated carbocycles. The zero-order chi connectivity index (χ0) is 19.8. The van der Waals surface area contributed by atoms with E-state index < -0.39 is 0 Å². The van der Waals surface area contributed by atoms with E-state index in [2.05, 4.69) is 79.3 Å². The lowest BCUT2D eigenvalue weighted by molar-refractivity contribution is -0.660. The maximum Gasteiger partial charge on any atom is 0.213 e. The van der Waals surface area contributed by atoms with E-state index in [0.29, 0.717) is 5.41 Å². The van der Waals surface area contributed by atoms with E-state index >= 15 is 0 Å². The number of fused-ring (bicyclic) bond motifs is 1. The van der Waals surface area contributed by atoms with Crippen LogP contribution in [-0.2, 0) is 19.9 Å². The van der Waals surface area contributed by atoms with Gasteiger partial charge in [-0.2, -0.15) is 0 Å². The molecule has 0 N–H and O–H groups in total. The lowest BCUT2D eigenvalue weighted by Crippen LogP contribution is -2.31. The van der Waals surface area contributed by atoms with Gasteiger partial charge in [0, 0.05) is 17.7 Å². The van der Waals surface area contributed by atoms with Crippen molar-refractivity contribution in [2.75, 3.05) is 0 Å². The minimum atomic E-state index is 0.597. The van der Waals surface area contributed by atoms with Gasteiger partial charge in [0.15, 0.2) is 6.20 Å². The standard InChI is InChI=1S/C28H32N/c1-21-8-4-5-9-26(21)27-19-24(13-17-29(27)2)23-11-10-22-12-16-28(20-25(22)18-23)14-6-3-7-15-28/h4-5,8-11,13,17-19H,3,6-7,12,14-16,20H2,1-2H3/q+1. The van der Waals surface area contributed by atoms with E-state index in [1.807, 2.05) is 0 Å². The molecule has 0 amide bonds. The molecule has 5 rings (SSSR count). The normalized spacial score (nSPS) is 17.9. The van der Waals surface area contributed by atoms with Crippen molar-refractivity contribution in [3.8, 4) is 22.4 Å². The van der Waals surface area contributed by atoms with Crippen molar-refractivity contribution in [2.45, 2.75) is 58.3 Å². The second-order valence-electron chi connectivity index (χ2n) is 9.45. The third kappa shape index (κ3) is 3.52. The molecule has 1 nitrogen and oxygen atoms in total. The van der Waals surface area contributed by atoms with Crippen molar-refractivity contribution in [3.05, 3.63) is 77.5 Å². The van der Waals surface area contributed by atoms with Crippen LogP contribution in [0, 0.1) is 12.3 Å². The van der Waals surface area contributed by atoms with Crippen LogP contribution in [0.25, 0.3) is 22.4 Å². The van der Waals surface area contributed by atoms with Crippen molar-refractivity contribution in [3.63, 3.8) is 0 Å². The highest BCUT2D eigenvalue weighted by molar-refractivity contribution is 5.71. The zero-order valence-corrected chi connectivity index (χ0v) is 17.9. The molecule has 1 fully saturated rings. The third-order valence-electron chi connectivity index (χ3n) is 7.51. The van der Waals surface area contributed by atoms with Gasteiger partial charge < -0.3 is 0 Å². The second kappa shape index (κ2) is 7.44. The van der Waals surface area contributed by atoms with Gasteiger partial charge in [0.1, 0.15) is 7.05 Å². The van der Waals surface area contributed by atoms with E-state index in [-0.39, 0.29) is 0 Å². The first-order valence-corrected chi connectivity index (χ1v) is 11.3. The van der Waals surface area contributed by atoms with Gasteiger partial charge in [-0.05, 0) is 78.3 Å². The number of benzene rings is 2. The molecule has 1 heterocycles. The molecule has 0 unspecified atom stereocenters. The molecule has 0 atom stereocenters. The highest BCUT2D eigenvalue weighted by Gasteiger charge is 2.35. The van der Waals surface area contributed by atoms with Crippen LogP contribution in [0.5, 0.6) is 0 Å². The summed E-state index contributed by atoms with van der Waals surface area (Å²) in [5, 5.41) is 0. The van der Waals surface area contributed by atoms with Crippen molar-refractivity contribution >= 4 is 0 Å². The van der Waals surface area contributed by atoms with Gasteiger partial charge >= 0.3 is 0 Å². The molecular weight excluding hydrogens is 350 g/mol. The molecule has 1 heteroatoms. The molecule has 0 bridgehead atoms. The molecule has 2 aromatic carbocycles. The Balaban J connectivity index is 1.52. The minimum absolute atomic E-state index is 0.597. The summed E-state index contributed by atoms with van der Waals surface area (Å²) in [6, 6.07) is 20.6. The molecular formula is C28H32N+. The summed E-state index contributed by atoms with van der Waals surface area (Å²) < 4.78 is 2.24. The van der Waals surface area contributed by atoms with Crippen LogP contribution in [0.3, 0.4) is 0 Å². The van der Waals surface area contributed by atoms with Crippen LogP contribution in [0.1, 0.15) is 55.2 Å². The third-order valence-corrected chi connectivity index (χ3v) is 7.51. The summed E-state index contributed by atoms with van der Waals surface area (Å²) in [4.78, 5) is 0. The quantitative estimate of drug-likeness (QED) is 0.440. The van der Waals surface area contributed by atoms with Gasteiger partial charge in [0.05, 0.1) is 0 Å². The fraction of sp³-hybridized carbons (Fsp3) is 0.393.